The third-order valence-electron chi connectivity index (χ3n) is 8.30. The predicted octanol–water partition coefficient (Wildman–Crippen LogP) is 4.77. The van der Waals surface area contributed by atoms with Crippen LogP contribution in [0.3, 0.4) is 0 Å². The van der Waals surface area contributed by atoms with Gasteiger partial charge in [0.25, 0.3) is 5.91 Å². The Bertz CT molecular complexity index is 1580. The van der Waals surface area contributed by atoms with Crippen molar-refractivity contribution in [2.75, 3.05) is 37.7 Å². The third-order valence-corrected chi connectivity index (χ3v) is 8.30. The molecule has 44 heavy (non-hydrogen) atoms. The van der Waals surface area contributed by atoms with Crippen LogP contribution in [-0.4, -0.2) is 72.2 Å². The van der Waals surface area contributed by atoms with E-state index < -0.39 is 12.0 Å². The zero-order valence-corrected chi connectivity index (χ0v) is 24.2. The molecule has 0 spiro atoms. The maximum absolute atomic E-state index is 13.5. The van der Waals surface area contributed by atoms with E-state index in [-0.39, 0.29) is 42.2 Å². The molecule has 1 unspecified atom stereocenters. The van der Waals surface area contributed by atoms with E-state index in [2.05, 4.69) is 58.3 Å². The summed E-state index contributed by atoms with van der Waals surface area (Å²) in [6.45, 7) is 2.48. The van der Waals surface area contributed by atoms with Gasteiger partial charge in [-0.1, -0.05) is 91.0 Å². The van der Waals surface area contributed by atoms with Crippen LogP contribution < -0.4 is 4.90 Å². The van der Waals surface area contributed by atoms with Crippen molar-refractivity contribution in [2.45, 2.75) is 18.5 Å². The Balaban J connectivity index is 1.07. The first kappa shape index (κ1) is 29.2. The van der Waals surface area contributed by atoms with Crippen LogP contribution in [0.1, 0.15) is 44.3 Å². The Morgan fingerprint density at radius 1 is 0.682 bits per heavy atom. The first-order chi connectivity index (χ1) is 21.5. The number of benzene rings is 4. The summed E-state index contributed by atoms with van der Waals surface area (Å²) in [5, 5.41) is 0. The summed E-state index contributed by atoms with van der Waals surface area (Å²) in [6.07, 6.45) is 0.116. The number of piperazine rings is 1. The normalized spacial score (nSPS) is 17.7. The van der Waals surface area contributed by atoms with Crippen molar-refractivity contribution in [1.82, 2.24) is 9.80 Å². The second kappa shape index (κ2) is 13.2. The number of hydrogen-bond acceptors (Lipinski definition) is 7. The SMILES string of the molecule is O=C(COC(=O)c1ccc(N2C(=O)CC(N3CCN(C(c4ccccc4)c4ccccc4)CC3)C2=O)cc1)c1ccccc1. The van der Waals surface area contributed by atoms with E-state index in [4.69, 9.17) is 4.74 Å². The van der Waals surface area contributed by atoms with Crippen molar-refractivity contribution >= 4 is 29.3 Å². The third kappa shape index (κ3) is 6.22. The second-order valence-corrected chi connectivity index (χ2v) is 11.0. The summed E-state index contributed by atoms with van der Waals surface area (Å²) in [6, 6.07) is 35.2. The van der Waals surface area contributed by atoms with Gasteiger partial charge in [-0.05, 0) is 35.4 Å². The number of anilines is 1. The molecule has 2 saturated heterocycles. The number of imide groups is 1. The van der Waals surface area contributed by atoms with Crippen LogP contribution in [0.5, 0.6) is 0 Å². The molecule has 2 heterocycles. The van der Waals surface area contributed by atoms with E-state index in [0.29, 0.717) is 24.3 Å². The maximum Gasteiger partial charge on any atom is 0.338 e. The molecule has 0 saturated carbocycles. The Morgan fingerprint density at radius 3 is 1.80 bits per heavy atom. The summed E-state index contributed by atoms with van der Waals surface area (Å²) < 4.78 is 5.18. The zero-order chi connectivity index (χ0) is 30.5. The minimum absolute atomic E-state index is 0.110. The highest BCUT2D eigenvalue weighted by molar-refractivity contribution is 6.22. The van der Waals surface area contributed by atoms with Crippen molar-refractivity contribution in [2.24, 2.45) is 0 Å². The number of nitrogens with zero attached hydrogens (tertiary/aromatic N) is 3. The fraction of sp³-hybridized carbons (Fsp3) is 0.222. The number of carbonyl (C=O) groups is 4. The van der Waals surface area contributed by atoms with Gasteiger partial charge in [-0.2, -0.15) is 0 Å². The average molecular weight is 588 g/mol. The summed E-state index contributed by atoms with van der Waals surface area (Å²) in [4.78, 5) is 57.1. The molecule has 0 aromatic heterocycles. The van der Waals surface area contributed by atoms with Crippen molar-refractivity contribution in [1.29, 1.82) is 0 Å². The van der Waals surface area contributed by atoms with Crippen LogP contribution in [-0.2, 0) is 14.3 Å². The number of rotatable bonds is 9. The lowest BCUT2D eigenvalue weighted by atomic mass is 9.96. The number of esters is 1. The zero-order valence-electron chi connectivity index (χ0n) is 24.2. The Labute approximate surface area is 256 Å². The van der Waals surface area contributed by atoms with Crippen LogP contribution in [0.2, 0.25) is 0 Å². The molecule has 222 valence electrons. The number of ether oxygens (including phenoxy) is 1. The molecule has 0 radical (unpaired) electrons. The van der Waals surface area contributed by atoms with E-state index in [9.17, 15) is 19.2 Å². The van der Waals surface area contributed by atoms with Crippen LogP contribution in [0.4, 0.5) is 5.69 Å². The topological polar surface area (TPSA) is 87.2 Å². The molecular weight excluding hydrogens is 554 g/mol. The molecule has 8 nitrogen and oxygen atoms in total. The fourth-order valence-corrected chi connectivity index (χ4v) is 6.03. The van der Waals surface area contributed by atoms with Crippen molar-refractivity contribution in [3.8, 4) is 0 Å². The summed E-state index contributed by atoms with van der Waals surface area (Å²) >= 11 is 0. The largest absolute Gasteiger partial charge is 0.454 e. The average Bonchev–Trinajstić information content (AvgIpc) is 3.38. The van der Waals surface area contributed by atoms with Gasteiger partial charge in [-0.25, -0.2) is 9.69 Å². The highest BCUT2D eigenvalue weighted by atomic mass is 16.5. The highest BCUT2D eigenvalue weighted by Gasteiger charge is 2.43. The van der Waals surface area contributed by atoms with Gasteiger partial charge in [0.05, 0.1) is 29.8 Å². The van der Waals surface area contributed by atoms with Gasteiger partial charge in [0.2, 0.25) is 5.91 Å². The predicted molar refractivity (Wildman–Crippen MR) is 166 cm³/mol. The number of carbonyl (C=O) groups excluding carboxylic acids is 4. The highest BCUT2D eigenvalue weighted by Crippen LogP contribution is 2.31. The summed E-state index contributed by atoms with van der Waals surface area (Å²) in [7, 11) is 0. The molecule has 4 aromatic rings. The van der Waals surface area contributed by atoms with Gasteiger partial charge in [0.1, 0.15) is 0 Å². The lowest BCUT2D eigenvalue weighted by Gasteiger charge is -2.41. The van der Waals surface area contributed by atoms with Gasteiger partial charge in [-0.15, -0.1) is 0 Å². The lowest BCUT2D eigenvalue weighted by Crippen LogP contribution is -2.53. The molecule has 6 rings (SSSR count). The number of hydrogen-bond donors (Lipinski definition) is 0. The maximum atomic E-state index is 13.5. The second-order valence-electron chi connectivity index (χ2n) is 11.0. The standard InChI is InChI=1S/C36H33N3O5/c40-32(26-10-4-1-5-11-26)25-44-36(43)29-16-18-30(19-17-29)39-33(41)24-31(35(39)42)37-20-22-38(23-21-37)34(27-12-6-2-7-13-27)28-14-8-3-9-15-28/h1-19,31,34H,20-25H2. The van der Waals surface area contributed by atoms with Crippen LogP contribution in [0, 0.1) is 0 Å². The van der Waals surface area contributed by atoms with Gasteiger partial charge in [0.15, 0.2) is 12.4 Å². The van der Waals surface area contributed by atoms with E-state index in [1.54, 1.807) is 42.5 Å². The Kier molecular flexibility index (Phi) is 8.72. The molecule has 2 fully saturated rings. The molecule has 0 aliphatic carbocycles. The molecular formula is C36H33N3O5. The van der Waals surface area contributed by atoms with E-state index in [0.717, 1.165) is 13.1 Å². The fourth-order valence-electron chi connectivity index (χ4n) is 6.03. The van der Waals surface area contributed by atoms with Gasteiger partial charge >= 0.3 is 5.97 Å². The lowest BCUT2D eigenvalue weighted by molar-refractivity contribution is -0.123. The molecule has 4 aromatic carbocycles. The summed E-state index contributed by atoms with van der Waals surface area (Å²) in [5.74, 6) is -1.47. The minimum atomic E-state index is -0.653. The molecule has 1 atom stereocenters. The van der Waals surface area contributed by atoms with Gasteiger partial charge < -0.3 is 4.74 Å². The Morgan fingerprint density at radius 2 is 1.23 bits per heavy atom. The molecule has 2 amide bonds. The summed E-state index contributed by atoms with van der Waals surface area (Å²) in [5.41, 5.74) is 3.55. The van der Waals surface area contributed by atoms with Gasteiger partial charge in [-0.3, -0.25) is 24.2 Å². The van der Waals surface area contributed by atoms with Crippen molar-refractivity contribution < 1.29 is 23.9 Å². The van der Waals surface area contributed by atoms with Crippen molar-refractivity contribution in [3.05, 3.63) is 138 Å². The van der Waals surface area contributed by atoms with Gasteiger partial charge in [0, 0.05) is 31.7 Å². The molecule has 2 aliphatic rings. The monoisotopic (exact) mass is 587 g/mol. The van der Waals surface area contributed by atoms with Crippen LogP contribution in [0.15, 0.2) is 115 Å². The number of Topliss-reactive ketones (excluding diaryl/α,β-unsaturated/α-hetero) is 1. The number of amides is 2. The van der Waals surface area contributed by atoms with Crippen LogP contribution >= 0.6 is 0 Å². The van der Waals surface area contributed by atoms with E-state index in [1.165, 1.54) is 28.2 Å². The minimum Gasteiger partial charge on any atom is -0.454 e. The van der Waals surface area contributed by atoms with E-state index in [1.807, 2.05) is 12.1 Å². The number of ketones is 1. The Hall–Kier alpha value is -4.92. The molecule has 8 heteroatoms. The first-order valence-electron chi connectivity index (χ1n) is 14.8. The molecule has 0 N–H and O–H groups in total. The quantitative estimate of drug-likeness (QED) is 0.159. The van der Waals surface area contributed by atoms with Crippen LogP contribution in [0.25, 0.3) is 0 Å². The van der Waals surface area contributed by atoms with Crippen molar-refractivity contribution in [3.63, 3.8) is 0 Å². The smallest absolute Gasteiger partial charge is 0.338 e. The first-order valence-corrected chi connectivity index (χ1v) is 14.8. The molecule has 2 aliphatic heterocycles. The van der Waals surface area contributed by atoms with E-state index >= 15 is 0 Å². The molecule has 0 bridgehead atoms.